The van der Waals surface area contributed by atoms with Gasteiger partial charge in [0.15, 0.2) is 0 Å². The van der Waals surface area contributed by atoms with Crippen LogP contribution in [0.25, 0.3) is 0 Å². The van der Waals surface area contributed by atoms with Crippen molar-refractivity contribution in [2.75, 3.05) is 27.2 Å². The van der Waals surface area contributed by atoms with Gasteiger partial charge in [0.1, 0.15) is 0 Å². The molecular formula is C34H53NO5S. The van der Waals surface area contributed by atoms with Crippen molar-refractivity contribution in [1.82, 2.24) is 0 Å². The summed E-state index contributed by atoms with van der Waals surface area (Å²) in [6.07, 6.45) is 20.4. The first-order valence-electron chi connectivity index (χ1n) is 15.5. The third-order valence-electron chi connectivity index (χ3n) is 7.59. The second-order valence-electron chi connectivity index (χ2n) is 11.5. The van der Waals surface area contributed by atoms with Gasteiger partial charge in [-0.2, -0.15) is 0 Å². The van der Waals surface area contributed by atoms with Crippen LogP contribution in [0.15, 0.2) is 58.3 Å². The number of carbonyl (C=O) groups is 2. The molecule has 0 fully saturated rings. The third-order valence-corrected chi connectivity index (χ3v) is 8.99. The summed E-state index contributed by atoms with van der Waals surface area (Å²) >= 11 is 0. The second-order valence-corrected chi connectivity index (χ2v) is 13.0. The molecule has 0 spiro atoms. The number of benzene rings is 2. The molecule has 0 heterocycles. The van der Waals surface area contributed by atoms with Crippen LogP contribution < -0.4 is 5.11 Å². The molecule has 0 saturated carbocycles. The summed E-state index contributed by atoms with van der Waals surface area (Å²) in [7, 11) is 3.20. The van der Waals surface area contributed by atoms with Gasteiger partial charge in [-0.1, -0.05) is 96.1 Å². The summed E-state index contributed by atoms with van der Waals surface area (Å²) < 4.78 is 13.4. The van der Waals surface area contributed by atoms with E-state index in [1.54, 1.807) is 0 Å². The Morgan fingerprint density at radius 2 is 1.02 bits per heavy atom. The minimum atomic E-state index is -1.50. The Bertz CT molecular complexity index is 959. The van der Waals surface area contributed by atoms with E-state index in [1.807, 2.05) is 0 Å². The smallest absolute Gasteiger partial charge is 0.335 e. The topological polar surface area (TPSA) is 94.5 Å². The highest BCUT2D eigenvalue weighted by molar-refractivity contribution is 7.85. The van der Waals surface area contributed by atoms with Crippen LogP contribution in [0.3, 0.4) is 0 Å². The molecule has 0 amide bonds. The minimum absolute atomic E-state index is 0.00646. The van der Waals surface area contributed by atoms with Gasteiger partial charge in [0.05, 0.1) is 49.5 Å². The van der Waals surface area contributed by atoms with Gasteiger partial charge in [0, 0.05) is 9.79 Å². The van der Waals surface area contributed by atoms with E-state index in [1.165, 1.54) is 156 Å². The fourth-order valence-electron chi connectivity index (χ4n) is 4.46. The van der Waals surface area contributed by atoms with E-state index >= 15 is 0 Å². The first kappa shape index (κ1) is 36.5. The Hall–Kier alpha value is -2.51. The Morgan fingerprint density at radius 1 is 0.659 bits per heavy atom. The van der Waals surface area contributed by atoms with E-state index in [4.69, 9.17) is 5.11 Å². The van der Waals surface area contributed by atoms with Gasteiger partial charge in [-0.25, -0.2) is 9.00 Å². The zero-order chi connectivity index (χ0) is 30.5. The lowest BCUT2D eigenvalue weighted by Crippen LogP contribution is -2.39. The van der Waals surface area contributed by atoms with Crippen LogP contribution in [-0.2, 0) is 10.8 Å². The lowest BCUT2D eigenvalue weighted by atomic mass is 10.0. The standard InChI is InChI=1S/C20H44N.C14H10O5S/c1-5-7-8-9-10-11-12-13-14-15-16-17-18-19-20-21(3,4)6-2;15-13(16)9-1-5-11(6-2-9)20(19)12-7-3-10(4-8-12)14(17)18/h5-20H2,1-4H3;1-8H,(H,15,16)(H,17,18)/q+1;/p-1. The molecule has 0 aromatic heterocycles. The molecule has 0 radical (unpaired) electrons. The van der Waals surface area contributed by atoms with Crippen LogP contribution in [0, 0.1) is 0 Å². The van der Waals surface area contributed by atoms with E-state index in [0.717, 1.165) is 0 Å². The largest absolute Gasteiger partial charge is 0.545 e. The first-order valence-corrected chi connectivity index (χ1v) is 16.6. The van der Waals surface area contributed by atoms with E-state index < -0.39 is 22.7 Å². The molecule has 41 heavy (non-hydrogen) atoms. The van der Waals surface area contributed by atoms with Crippen LogP contribution in [-0.4, -0.2) is 52.9 Å². The van der Waals surface area contributed by atoms with E-state index in [0.29, 0.717) is 9.79 Å². The van der Waals surface area contributed by atoms with Crippen molar-refractivity contribution in [3.63, 3.8) is 0 Å². The summed E-state index contributed by atoms with van der Waals surface area (Å²) in [5.41, 5.74) is 0.116. The summed E-state index contributed by atoms with van der Waals surface area (Å²) in [5, 5.41) is 19.4. The molecule has 6 nitrogen and oxygen atoms in total. The van der Waals surface area contributed by atoms with Crippen molar-refractivity contribution in [2.24, 2.45) is 0 Å². The number of carboxylic acid groups (broad SMARTS) is 2. The van der Waals surface area contributed by atoms with Crippen LogP contribution in [0.1, 0.15) is 124 Å². The average Bonchev–Trinajstić information content (AvgIpc) is 2.97. The summed E-state index contributed by atoms with van der Waals surface area (Å²) in [6.45, 7) is 7.21. The van der Waals surface area contributed by atoms with Crippen LogP contribution in [0.4, 0.5) is 0 Å². The predicted molar refractivity (Wildman–Crippen MR) is 167 cm³/mol. The zero-order valence-electron chi connectivity index (χ0n) is 25.9. The Labute approximate surface area is 251 Å². The highest BCUT2D eigenvalue weighted by Gasteiger charge is 2.10. The molecule has 1 atom stereocenters. The normalized spacial score (nSPS) is 11.9. The molecule has 230 valence electrons. The monoisotopic (exact) mass is 587 g/mol. The summed E-state index contributed by atoms with van der Waals surface area (Å²) in [4.78, 5) is 22.2. The molecule has 7 heteroatoms. The molecule has 2 aromatic carbocycles. The number of carbonyl (C=O) groups excluding carboxylic acids is 1. The van der Waals surface area contributed by atoms with Crippen molar-refractivity contribution in [2.45, 2.75) is 114 Å². The number of hydrogen-bond donors (Lipinski definition) is 1. The molecule has 0 aliphatic rings. The van der Waals surface area contributed by atoms with Crippen molar-refractivity contribution < 1.29 is 28.5 Å². The molecule has 0 aliphatic carbocycles. The molecule has 0 aliphatic heterocycles. The van der Waals surface area contributed by atoms with Gasteiger partial charge >= 0.3 is 5.97 Å². The van der Waals surface area contributed by atoms with Gasteiger partial charge < -0.3 is 19.5 Å². The third kappa shape index (κ3) is 16.5. The lowest BCUT2D eigenvalue weighted by molar-refractivity contribution is -0.888. The fourth-order valence-corrected chi connectivity index (χ4v) is 5.50. The van der Waals surface area contributed by atoms with E-state index in [9.17, 15) is 18.9 Å². The summed E-state index contributed by atoms with van der Waals surface area (Å²) in [5.74, 6) is -2.35. The number of aromatic carboxylic acids is 2. The van der Waals surface area contributed by atoms with E-state index in [2.05, 4.69) is 27.9 Å². The highest BCUT2D eigenvalue weighted by atomic mass is 32.2. The molecule has 0 saturated heterocycles. The second kappa shape index (κ2) is 21.2. The van der Waals surface area contributed by atoms with Crippen LogP contribution >= 0.6 is 0 Å². The quantitative estimate of drug-likeness (QED) is 0.128. The molecule has 0 bridgehead atoms. The van der Waals surface area contributed by atoms with Gasteiger partial charge in [0.25, 0.3) is 0 Å². The molecular weight excluding hydrogens is 534 g/mol. The maximum absolute atomic E-state index is 12.2. The number of nitrogens with zero attached hydrogens (tertiary/aromatic N) is 1. The van der Waals surface area contributed by atoms with Crippen molar-refractivity contribution in [3.8, 4) is 0 Å². The minimum Gasteiger partial charge on any atom is -0.545 e. The maximum Gasteiger partial charge on any atom is 0.335 e. The van der Waals surface area contributed by atoms with Crippen molar-refractivity contribution in [3.05, 3.63) is 59.7 Å². The van der Waals surface area contributed by atoms with Crippen molar-refractivity contribution in [1.29, 1.82) is 0 Å². The molecule has 2 rings (SSSR count). The number of hydrogen-bond acceptors (Lipinski definition) is 4. The number of quaternary nitrogens is 1. The maximum atomic E-state index is 12.2. The number of unbranched alkanes of at least 4 members (excludes halogenated alkanes) is 13. The average molecular weight is 588 g/mol. The SMILES string of the molecule is CCCCCCCCCCCCCCCC[N+](C)(C)CC.O=C([O-])c1ccc(S(=O)c2ccc(C(=O)O)cc2)cc1. The fraction of sp³-hybridized carbons (Fsp3) is 0.588. The van der Waals surface area contributed by atoms with Crippen molar-refractivity contribution >= 4 is 22.7 Å². The summed E-state index contributed by atoms with van der Waals surface area (Å²) in [6, 6.07) is 11.2. The van der Waals surface area contributed by atoms with Crippen LogP contribution in [0.5, 0.6) is 0 Å². The zero-order valence-corrected chi connectivity index (χ0v) is 26.7. The van der Waals surface area contributed by atoms with Gasteiger partial charge in [-0.3, -0.25) is 0 Å². The lowest BCUT2D eigenvalue weighted by Gasteiger charge is -2.28. The van der Waals surface area contributed by atoms with Gasteiger partial charge in [-0.05, 0) is 61.7 Å². The molecule has 2 aromatic rings. The highest BCUT2D eigenvalue weighted by Crippen LogP contribution is 2.18. The Morgan fingerprint density at radius 3 is 1.37 bits per heavy atom. The van der Waals surface area contributed by atoms with E-state index in [-0.39, 0.29) is 11.1 Å². The predicted octanol–water partition coefficient (Wildman–Crippen LogP) is 7.48. The van der Waals surface area contributed by atoms with Gasteiger partial charge in [-0.15, -0.1) is 0 Å². The van der Waals surface area contributed by atoms with Gasteiger partial charge in [0.2, 0.25) is 0 Å². The Kier molecular flexibility index (Phi) is 18.9. The van der Waals surface area contributed by atoms with Crippen LogP contribution in [0.2, 0.25) is 0 Å². The Balaban J connectivity index is 0.000000410. The first-order chi connectivity index (χ1) is 19.6. The molecule has 1 N–H and O–H groups in total. The number of carboxylic acids is 2. The number of rotatable bonds is 20. The molecule has 1 unspecified atom stereocenters.